The van der Waals surface area contributed by atoms with Crippen LogP contribution < -0.4 is 10.5 Å². The minimum atomic E-state index is -0.0602. The van der Waals surface area contributed by atoms with Gasteiger partial charge in [-0.25, -0.2) is 4.98 Å². The van der Waals surface area contributed by atoms with E-state index in [0.29, 0.717) is 17.1 Å². The number of aromatic amines is 1. The van der Waals surface area contributed by atoms with Crippen LogP contribution in [0, 0.1) is 0 Å². The zero-order chi connectivity index (χ0) is 19.1. The molecule has 5 nitrogen and oxygen atoms in total. The number of hydrogen-bond donors (Lipinski definition) is 1. The van der Waals surface area contributed by atoms with Gasteiger partial charge in [0.05, 0.1) is 12.1 Å². The minimum Gasteiger partial charge on any atom is -0.378 e. The molecule has 0 saturated carbocycles. The fourth-order valence-corrected chi connectivity index (χ4v) is 4.22. The Morgan fingerprint density at radius 2 is 1.70 bits per heavy atom. The highest BCUT2D eigenvalue weighted by atomic mass is 32.1. The highest BCUT2D eigenvalue weighted by molar-refractivity contribution is 7.25. The Hall–Kier alpha value is -2.70. The van der Waals surface area contributed by atoms with Crippen molar-refractivity contribution >= 4 is 37.3 Å². The lowest BCUT2D eigenvalue weighted by molar-refractivity contribution is 0.390. The minimum absolute atomic E-state index is 0.0602. The van der Waals surface area contributed by atoms with Crippen LogP contribution in [-0.4, -0.2) is 43.1 Å². The van der Waals surface area contributed by atoms with E-state index >= 15 is 0 Å². The molecule has 2 aromatic heterocycles. The Kier molecular flexibility index (Phi) is 4.45. The number of thiophene rings is 1. The van der Waals surface area contributed by atoms with Crippen LogP contribution in [0.4, 0.5) is 5.69 Å². The van der Waals surface area contributed by atoms with Gasteiger partial charge in [-0.05, 0) is 49.5 Å². The van der Waals surface area contributed by atoms with Gasteiger partial charge < -0.3 is 14.8 Å². The molecular formula is C21H22N4OS. The maximum absolute atomic E-state index is 12.5. The van der Waals surface area contributed by atoms with Gasteiger partial charge in [-0.15, -0.1) is 11.3 Å². The Balaban J connectivity index is 1.86. The van der Waals surface area contributed by atoms with Crippen molar-refractivity contribution in [2.24, 2.45) is 0 Å². The molecule has 0 spiro atoms. The molecule has 138 valence electrons. The molecule has 0 atom stereocenters. The molecule has 0 unspecified atom stereocenters. The highest BCUT2D eigenvalue weighted by Crippen LogP contribution is 2.34. The maximum atomic E-state index is 12.5. The fraction of sp³-hybridized carbons (Fsp3) is 0.238. The zero-order valence-electron chi connectivity index (χ0n) is 15.9. The summed E-state index contributed by atoms with van der Waals surface area (Å²) in [5.41, 5.74) is 4.18. The number of fused-ring (bicyclic) bond motifs is 3. The lowest BCUT2D eigenvalue weighted by Gasteiger charge is -2.12. The van der Waals surface area contributed by atoms with Crippen molar-refractivity contribution in [3.05, 3.63) is 58.6 Å². The van der Waals surface area contributed by atoms with Gasteiger partial charge in [0.15, 0.2) is 0 Å². The Bertz CT molecular complexity index is 1170. The van der Waals surface area contributed by atoms with Gasteiger partial charge in [-0.1, -0.05) is 18.2 Å². The molecule has 4 rings (SSSR count). The van der Waals surface area contributed by atoms with E-state index in [1.54, 1.807) is 0 Å². The van der Waals surface area contributed by atoms with E-state index in [0.717, 1.165) is 26.7 Å². The molecule has 2 heterocycles. The Morgan fingerprint density at radius 3 is 2.37 bits per heavy atom. The van der Waals surface area contributed by atoms with Crippen LogP contribution in [0.3, 0.4) is 0 Å². The number of anilines is 1. The van der Waals surface area contributed by atoms with Gasteiger partial charge >= 0.3 is 0 Å². The summed E-state index contributed by atoms with van der Waals surface area (Å²) in [5.74, 6) is 0.693. The van der Waals surface area contributed by atoms with Crippen molar-refractivity contribution < 1.29 is 0 Å². The third-order valence-corrected chi connectivity index (χ3v) is 5.71. The van der Waals surface area contributed by atoms with E-state index in [1.165, 1.54) is 17.0 Å². The molecule has 2 aromatic carbocycles. The van der Waals surface area contributed by atoms with E-state index in [-0.39, 0.29) is 5.56 Å². The number of nitrogens with zero attached hydrogens (tertiary/aromatic N) is 3. The van der Waals surface area contributed by atoms with Crippen molar-refractivity contribution in [1.29, 1.82) is 0 Å². The molecule has 0 aliphatic rings. The molecule has 0 amide bonds. The van der Waals surface area contributed by atoms with Crippen molar-refractivity contribution in [2.45, 2.75) is 6.54 Å². The predicted octanol–water partition coefficient (Wildman–Crippen LogP) is 3.93. The SMILES string of the molecule is CN(C)Cc1nc2c(sc3ccc(-c4ccc(N(C)C)cc4)cc32)c(=O)[nH]1. The molecule has 27 heavy (non-hydrogen) atoms. The summed E-state index contributed by atoms with van der Waals surface area (Å²) in [7, 11) is 8.00. The summed E-state index contributed by atoms with van der Waals surface area (Å²) in [4.78, 5) is 24.2. The van der Waals surface area contributed by atoms with Crippen molar-refractivity contribution in [3.63, 3.8) is 0 Å². The average Bonchev–Trinajstić information content (AvgIpc) is 3.00. The van der Waals surface area contributed by atoms with Crippen molar-refractivity contribution in [2.75, 3.05) is 33.1 Å². The monoisotopic (exact) mass is 378 g/mol. The van der Waals surface area contributed by atoms with Crippen LogP contribution in [0.5, 0.6) is 0 Å². The normalized spacial score (nSPS) is 11.6. The summed E-state index contributed by atoms with van der Waals surface area (Å²) >= 11 is 1.50. The summed E-state index contributed by atoms with van der Waals surface area (Å²) in [6, 6.07) is 14.8. The average molecular weight is 379 g/mol. The van der Waals surface area contributed by atoms with Gasteiger partial charge in [0, 0.05) is 29.9 Å². The second-order valence-corrected chi connectivity index (χ2v) is 8.23. The second kappa shape index (κ2) is 6.79. The van der Waals surface area contributed by atoms with E-state index in [4.69, 9.17) is 4.98 Å². The van der Waals surface area contributed by atoms with Crippen LogP contribution in [0.2, 0.25) is 0 Å². The topological polar surface area (TPSA) is 52.2 Å². The van der Waals surface area contributed by atoms with Gasteiger partial charge in [0.1, 0.15) is 10.5 Å². The Morgan fingerprint density at radius 1 is 1.00 bits per heavy atom. The first kappa shape index (κ1) is 17.7. The van der Waals surface area contributed by atoms with Gasteiger partial charge in [0.2, 0.25) is 0 Å². The number of nitrogens with one attached hydrogen (secondary N) is 1. The van der Waals surface area contributed by atoms with E-state index < -0.39 is 0 Å². The summed E-state index contributed by atoms with van der Waals surface area (Å²) in [6.45, 7) is 0.605. The molecule has 0 bridgehead atoms. The van der Waals surface area contributed by atoms with Crippen molar-refractivity contribution in [3.8, 4) is 11.1 Å². The first-order valence-corrected chi connectivity index (χ1v) is 9.62. The van der Waals surface area contributed by atoms with Crippen LogP contribution >= 0.6 is 11.3 Å². The van der Waals surface area contributed by atoms with Crippen LogP contribution in [0.25, 0.3) is 31.4 Å². The van der Waals surface area contributed by atoms with E-state index in [2.05, 4.69) is 52.3 Å². The lowest BCUT2D eigenvalue weighted by Crippen LogP contribution is -2.17. The zero-order valence-corrected chi connectivity index (χ0v) is 16.7. The first-order valence-electron chi connectivity index (χ1n) is 8.80. The third kappa shape index (κ3) is 3.34. The molecule has 0 saturated heterocycles. The number of hydrogen-bond acceptors (Lipinski definition) is 5. The number of H-pyrrole nitrogens is 1. The number of benzene rings is 2. The van der Waals surface area contributed by atoms with Crippen LogP contribution in [0.15, 0.2) is 47.3 Å². The molecule has 0 fully saturated rings. The second-order valence-electron chi connectivity index (χ2n) is 7.18. The standard InChI is InChI=1S/C21H22N4OS/c1-24(2)12-18-22-19-16-11-14(13-5-8-15(9-6-13)25(3)4)7-10-17(16)27-20(19)21(26)23-18/h5-11H,12H2,1-4H3,(H,22,23,26). The quantitative estimate of drug-likeness (QED) is 0.585. The van der Waals surface area contributed by atoms with Crippen LogP contribution in [0.1, 0.15) is 5.82 Å². The maximum Gasteiger partial charge on any atom is 0.268 e. The molecular weight excluding hydrogens is 356 g/mol. The van der Waals surface area contributed by atoms with Gasteiger partial charge in [-0.2, -0.15) is 0 Å². The summed E-state index contributed by atoms with van der Waals surface area (Å²) < 4.78 is 1.77. The lowest BCUT2D eigenvalue weighted by atomic mass is 10.0. The summed E-state index contributed by atoms with van der Waals surface area (Å²) in [5, 5.41) is 1.04. The molecule has 1 N–H and O–H groups in total. The first-order chi connectivity index (χ1) is 12.9. The highest BCUT2D eigenvalue weighted by Gasteiger charge is 2.13. The van der Waals surface area contributed by atoms with Gasteiger partial charge in [-0.3, -0.25) is 4.79 Å². The smallest absolute Gasteiger partial charge is 0.268 e. The molecule has 6 heteroatoms. The summed E-state index contributed by atoms with van der Waals surface area (Å²) in [6.07, 6.45) is 0. The van der Waals surface area contributed by atoms with E-state index in [1.807, 2.05) is 33.1 Å². The molecule has 4 aromatic rings. The fourth-order valence-electron chi connectivity index (χ4n) is 3.21. The Labute approximate surface area is 161 Å². The number of rotatable bonds is 4. The molecule has 0 radical (unpaired) electrons. The molecule has 0 aliphatic carbocycles. The number of aromatic nitrogens is 2. The van der Waals surface area contributed by atoms with Crippen LogP contribution in [-0.2, 0) is 6.54 Å². The van der Waals surface area contributed by atoms with Gasteiger partial charge in [0.25, 0.3) is 5.56 Å². The third-order valence-electron chi connectivity index (χ3n) is 4.56. The van der Waals surface area contributed by atoms with Crippen molar-refractivity contribution in [1.82, 2.24) is 14.9 Å². The largest absolute Gasteiger partial charge is 0.378 e. The van der Waals surface area contributed by atoms with E-state index in [9.17, 15) is 4.79 Å². The predicted molar refractivity (Wildman–Crippen MR) is 115 cm³/mol. The molecule has 0 aliphatic heterocycles.